The van der Waals surface area contributed by atoms with E-state index in [1.807, 2.05) is 13.8 Å². The summed E-state index contributed by atoms with van der Waals surface area (Å²) in [4.78, 5) is 39.0. The summed E-state index contributed by atoms with van der Waals surface area (Å²) in [7, 11) is 1.37. The number of likely N-dealkylation sites (tertiary alicyclic amines) is 2. The first-order valence-corrected chi connectivity index (χ1v) is 7.85. The molecule has 0 spiro atoms. The van der Waals surface area contributed by atoms with Gasteiger partial charge in [0, 0.05) is 38.1 Å². The van der Waals surface area contributed by atoms with Gasteiger partial charge in [0.25, 0.3) is 0 Å². The van der Waals surface area contributed by atoms with E-state index in [1.165, 1.54) is 7.11 Å². The van der Waals surface area contributed by atoms with E-state index >= 15 is 0 Å². The lowest BCUT2D eigenvalue weighted by Gasteiger charge is -2.31. The minimum atomic E-state index is -0.321. The van der Waals surface area contributed by atoms with E-state index in [4.69, 9.17) is 0 Å². The van der Waals surface area contributed by atoms with Crippen molar-refractivity contribution in [2.75, 3.05) is 26.7 Å². The molecule has 7 heteroatoms. The number of hydrogen-bond donors (Lipinski definition) is 1. The van der Waals surface area contributed by atoms with Crippen molar-refractivity contribution < 1.29 is 19.1 Å². The maximum atomic E-state index is 12.3. The van der Waals surface area contributed by atoms with Crippen LogP contribution in [-0.2, 0) is 14.3 Å². The fraction of sp³-hybridized carbons (Fsp3) is 0.800. The van der Waals surface area contributed by atoms with E-state index in [1.54, 1.807) is 9.80 Å². The van der Waals surface area contributed by atoms with Crippen molar-refractivity contribution in [3.05, 3.63) is 0 Å². The van der Waals surface area contributed by atoms with Gasteiger partial charge in [-0.15, -0.1) is 0 Å². The quantitative estimate of drug-likeness (QED) is 0.827. The second kappa shape index (κ2) is 6.98. The van der Waals surface area contributed by atoms with E-state index < -0.39 is 0 Å². The maximum Gasteiger partial charge on any atom is 0.409 e. The zero-order chi connectivity index (χ0) is 16.3. The van der Waals surface area contributed by atoms with E-state index in [9.17, 15) is 14.4 Å². The lowest BCUT2D eigenvalue weighted by molar-refractivity contribution is -0.130. The van der Waals surface area contributed by atoms with Crippen molar-refractivity contribution in [2.45, 2.75) is 45.2 Å². The van der Waals surface area contributed by atoms with E-state index in [0.29, 0.717) is 26.1 Å². The molecule has 1 atom stereocenters. The van der Waals surface area contributed by atoms with Crippen molar-refractivity contribution in [2.24, 2.45) is 5.92 Å². The van der Waals surface area contributed by atoms with E-state index in [0.717, 1.165) is 12.8 Å². The number of hydrogen-bond acceptors (Lipinski definition) is 4. The first kappa shape index (κ1) is 16.6. The molecule has 0 saturated carbocycles. The summed E-state index contributed by atoms with van der Waals surface area (Å²) in [5, 5.41) is 3.02. The second-order valence-electron chi connectivity index (χ2n) is 6.28. The predicted octanol–water partition coefficient (Wildman–Crippen LogP) is 0.590. The molecule has 2 aliphatic rings. The Morgan fingerprint density at radius 2 is 1.91 bits per heavy atom. The highest BCUT2D eigenvalue weighted by atomic mass is 16.5. The van der Waals surface area contributed by atoms with Crippen LogP contribution in [0.25, 0.3) is 0 Å². The molecule has 2 rings (SSSR count). The lowest BCUT2D eigenvalue weighted by Crippen LogP contribution is -2.48. The minimum Gasteiger partial charge on any atom is -0.453 e. The topological polar surface area (TPSA) is 79.0 Å². The number of piperidine rings is 1. The van der Waals surface area contributed by atoms with Crippen LogP contribution in [0.2, 0.25) is 0 Å². The summed E-state index contributed by atoms with van der Waals surface area (Å²) < 4.78 is 4.69. The van der Waals surface area contributed by atoms with Crippen LogP contribution in [0.5, 0.6) is 0 Å². The summed E-state index contributed by atoms with van der Waals surface area (Å²) in [6.07, 6.45) is 1.41. The molecule has 3 amide bonds. The van der Waals surface area contributed by atoms with Crippen LogP contribution >= 0.6 is 0 Å². The number of carbonyl (C=O) groups is 3. The molecule has 0 aromatic heterocycles. The standard InChI is InChI=1S/C15H25N3O4/c1-10(2)18-9-11(8-13(18)19)14(20)16-12-4-6-17(7-5-12)15(21)22-3/h10-12H,4-9H2,1-3H3,(H,16,20). The molecule has 2 heterocycles. The van der Waals surface area contributed by atoms with Crippen LogP contribution in [-0.4, -0.2) is 66.5 Å². The molecule has 0 radical (unpaired) electrons. The average Bonchev–Trinajstić information content (AvgIpc) is 2.89. The van der Waals surface area contributed by atoms with Crippen molar-refractivity contribution in [3.63, 3.8) is 0 Å². The van der Waals surface area contributed by atoms with Crippen LogP contribution in [0.15, 0.2) is 0 Å². The Hall–Kier alpha value is -1.79. The normalized spacial score (nSPS) is 23.1. The predicted molar refractivity (Wildman–Crippen MR) is 80.1 cm³/mol. The molecule has 0 aliphatic carbocycles. The van der Waals surface area contributed by atoms with Gasteiger partial charge in [-0.1, -0.05) is 0 Å². The number of nitrogens with zero attached hydrogens (tertiary/aromatic N) is 2. The summed E-state index contributed by atoms with van der Waals surface area (Å²) >= 11 is 0. The van der Waals surface area contributed by atoms with Crippen LogP contribution in [0.3, 0.4) is 0 Å². The molecule has 0 aromatic carbocycles. The highest BCUT2D eigenvalue weighted by molar-refractivity contribution is 5.89. The first-order valence-electron chi connectivity index (χ1n) is 7.85. The molecule has 2 aliphatic heterocycles. The molecule has 0 aromatic rings. The van der Waals surface area contributed by atoms with Gasteiger partial charge in [-0.25, -0.2) is 4.79 Å². The van der Waals surface area contributed by atoms with Crippen molar-refractivity contribution in [1.29, 1.82) is 0 Å². The van der Waals surface area contributed by atoms with Crippen molar-refractivity contribution in [1.82, 2.24) is 15.1 Å². The summed E-state index contributed by atoms with van der Waals surface area (Å²) in [6, 6.07) is 0.199. The van der Waals surface area contributed by atoms with Gasteiger partial charge in [-0.05, 0) is 26.7 Å². The third-order valence-corrected chi connectivity index (χ3v) is 4.43. The first-order chi connectivity index (χ1) is 10.4. The molecule has 2 saturated heterocycles. The smallest absolute Gasteiger partial charge is 0.409 e. The van der Waals surface area contributed by atoms with Crippen molar-refractivity contribution >= 4 is 17.9 Å². The molecular formula is C15H25N3O4. The number of nitrogens with one attached hydrogen (secondary N) is 1. The van der Waals surface area contributed by atoms with Gasteiger partial charge >= 0.3 is 6.09 Å². The Bertz CT molecular complexity index is 444. The Kier molecular flexibility index (Phi) is 5.26. The number of ether oxygens (including phenoxy) is 1. The second-order valence-corrected chi connectivity index (χ2v) is 6.28. The molecule has 2 fully saturated rings. The molecular weight excluding hydrogens is 286 g/mol. The number of amides is 3. The van der Waals surface area contributed by atoms with Crippen LogP contribution < -0.4 is 5.32 Å². The molecule has 1 N–H and O–H groups in total. The van der Waals surface area contributed by atoms with Gasteiger partial charge in [0.2, 0.25) is 11.8 Å². The maximum absolute atomic E-state index is 12.3. The summed E-state index contributed by atoms with van der Waals surface area (Å²) in [5.74, 6) is -0.253. The van der Waals surface area contributed by atoms with Gasteiger partial charge in [0.05, 0.1) is 13.0 Å². The summed E-state index contributed by atoms with van der Waals surface area (Å²) in [6.45, 7) is 5.59. The number of methoxy groups -OCH3 is 1. The number of rotatable bonds is 3. The molecule has 7 nitrogen and oxygen atoms in total. The highest BCUT2D eigenvalue weighted by Gasteiger charge is 2.36. The highest BCUT2D eigenvalue weighted by Crippen LogP contribution is 2.21. The third-order valence-electron chi connectivity index (χ3n) is 4.43. The largest absolute Gasteiger partial charge is 0.453 e. The fourth-order valence-electron chi connectivity index (χ4n) is 3.06. The van der Waals surface area contributed by atoms with Gasteiger partial charge in [-0.2, -0.15) is 0 Å². The fourth-order valence-corrected chi connectivity index (χ4v) is 3.06. The SMILES string of the molecule is COC(=O)N1CCC(NC(=O)C2CC(=O)N(C(C)C)C2)CC1. The van der Waals surface area contributed by atoms with Gasteiger partial charge in [0.1, 0.15) is 0 Å². The monoisotopic (exact) mass is 311 g/mol. The summed E-state index contributed by atoms with van der Waals surface area (Å²) in [5.41, 5.74) is 0. The van der Waals surface area contributed by atoms with Gasteiger partial charge < -0.3 is 19.9 Å². The molecule has 0 bridgehead atoms. The third kappa shape index (κ3) is 3.69. The Balaban J connectivity index is 1.79. The van der Waals surface area contributed by atoms with Gasteiger partial charge in [-0.3, -0.25) is 9.59 Å². The van der Waals surface area contributed by atoms with Crippen LogP contribution in [0.4, 0.5) is 4.79 Å². The Labute approximate surface area is 131 Å². The van der Waals surface area contributed by atoms with Crippen molar-refractivity contribution in [3.8, 4) is 0 Å². The van der Waals surface area contributed by atoms with E-state index in [2.05, 4.69) is 10.1 Å². The Morgan fingerprint density at radius 3 is 2.41 bits per heavy atom. The van der Waals surface area contributed by atoms with Crippen LogP contribution in [0, 0.1) is 5.92 Å². The lowest BCUT2D eigenvalue weighted by atomic mass is 10.0. The zero-order valence-corrected chi connectivity index (χ0v) is 13.5. The zero-order valence-electron chi connectivity index (χ0n) is 13.5. The molecule has 22 heavy (non-hydrogen) atoms. The number of carbonyl (C=O) groups excluding carboxylic acids is 3. The molecule has 124 valence electrons. The van der Waals surface area contributed by atoms with E-state index in [-0.39, 0.29) is 35.9 Å². The molecule has 1 unspecified atom stereocenters. The minimum absolute atomic E-state index is 0.0481. The Morgan fingerprint density at radius 1 is 1.27 bits per heavy atom. The van der Waals surface area contributed by atoms with Crippen LogP contribution in [0.1, 0.15) is 33.1 Å². The van der Waals surface area contributed by atoms with Gasteiger partial charge in [0.15, 0.2) is 0 Å². The average molecular weight is 311 g/mol.